The fourth-order valence-electron chi connectivity index (χ4n) is 3.04. The fourth-order valence-corrected chi connectivity index (χ4v) is 4.46. The minimum Gasteiger partial charge on any atom is -0.386 e. The van der Waals surface area contributed by atoms with E-state index in [4.69, 9.17) is 0 Å². The van der Waals surface area contributed by atoms with Crippen LogP contribution in [0.25, 0.3) is 21.3 Å². The molecule has 3 aromatic rings. The number of para-hydroxylation sites is 1. The van der Waals surface area contributed by atoms with E-state index in [2.05, 4.69) is 9.71 Å². The topological polar surface area (TPSA) is 108 Å². The summed E-state index contributed by atoms with van der Waals surface area (Å²) in [6.07, 6.45) is -3.76. The summed E-state index contributed by atoms with van der Waals surface area (Å²) in [5.41, 5.74) is 2.41. The highest BCUT2D eigenvalue weighted by Crippen LogP contribution is 2.32. The molecular weight excluding hydrogens is 467 g/mol. The van der Waals surface area contributed by atoms with Crippen LogP contribution in [0.3, 0.4) is 0 Å². The van der Waals surface area contributed by atoms with Crippen LogP contribution in [0.4, 0.5) is 13.2 Å². The molecule has 0 aliphatic carbocycles. The molecule has 0 spiro atoms. The second-order valence-electron chi connectivity index (χ2n) is 6.99. The van der Waals surface area contributed by atoms with Crippen molar-refractivity contribution >= 4 is 37.5 Å². The lowest BCUT2D eigenvalue weighted by molar-refractivity contribution is -0.133. The Morgan fingerprint density at radius 1 is 1.19 bits per heavy atom. The quantitative estimate of drug-likeness (QED) is 0.430. The van der Waals surface area contributed by atoms with Gasteiger partial charge >= 0.3 is 6.43 Å². The Labute approximate surface area is 186 Å². The van der Waals surface area contributed by atoms with E-state index < -0.39 is 41.2 Å². The number of nitrogens with one attached hydrogen (secondary N) is 2. The largest absolute Gasteiger partial charge is 0.386 e. The summed E-state index contributed by atoms with van der Waals surface area (Å²) in [5, 5.41) is 12.7. The van der Waals surface area contributed by atoms with Gasteiger partial charge in [0.15, 0.2) is 0 Å². The van der Waals surface area contributed by atoms with Gasteiger partial charge in [-0.05, 0) is 17.2 Å². The average molecular weight is 488 g/mol. The highest BCUT2D eigenvalue weighted by Gasteiger charge is 2.26. The molecular formula is C20H20F3N3O4S2. The number of amides is 1. The van der Waals surface area contributed by atoms with Crippen LogP contribution in [0.2, 0.25) is 0 Å². The fraction of sp³-hybridized carbons (Fsp3) is 0.300. The van der Waals surface area contributed by atoms with Gasteiger partial charge < -0.3 is 10.4 Å². The molecule has 172 valence electrons. The Morgan fingerprint density at radius 3 is 2.47 bits per heavy atom. The normalized spacial score (nSPS) is 13.9. The van der Waals surface area contributed by atoms with Gasteiger partial charge in [0.25, 0.3) is 5.91 Å². The Bertz CT molecular complexity index is 1200. The van der Waals surface area contributed by atoms with Gasteiger partial charge in [0.2, 0.25) is 10.0 Å². The predicted octanol–water partition coefficient (Wildman–Crippen LogP) is 2.77. The molecule has 2 atom stereocenters. The molecule has 0 radical (unpaired) electrons. The number of halogens is 3. The van der Waals surface area contributed by atoms with Gasteiger partial charge in [0.05, 0.1) is 29.1 Å². The van der Waals surface area contributed by atoms with Crippen LogP contribution in [0.15, 0.2) is 42.5 Å². The summed E-state index contributed by atoms with van der Waals surface area (Å²) in [5.74, 6) is -1.65. The standard InChI is InChI=1S/C20H20F3N3O4S2/c1-32(29,30)24-10-16-26-17-13(3-2-4-15(17)31-16)11-5-7-12(8-6-11)18(27)14(9-21)25-20(28)19(22)23/h2-8,14,18-19,24,27H,9-10H2,1H3,(H,25,28)/t14-,18-/m1/s1. The van der Waals surface area contributed by atoms with Crippen molar-refractivity contribution in [2.45, 2.75) is 25.1 Å². The molecule has 7 nitrogen and oxygen atoms in total. The van der Waals surface area contributed by atoms with Crippen LogP contribution >= 0.6 is 11.3 Å². The first-order chi connectivity index (χ1) is 15.1. The van der Waals surface area contributed by atoms with Gasteiger partial charge in [-0.2, -0.15) is 8.78 Å². The molecule has 0 fully saturated rings. The molecule has 3 rings (SSSR count). The van der Waals surface area contributed by atoms with E-state index in [9.17, 15) is 31.5 Å². The van der Waals surface area contributed by atoms with Crippen LogP contribution < -0.4 is 10.0 Å². The minimum atomic E-state index is -3.36. The highest BCUT2D eigenvalue weighted by atomic mass is 32.2. The number of benzene rings is 2. The summed E-state index contributed by atoms with van der Waals surface area (Å²) < 4.78 is 63.9. The molecule has 1 aromatic heterocycles. The Balaban J connectivity index is 1.83. The first kappa shape index (κ1) is 24.1. The molecule has 0 aliphatic heterocycles. The Morgan fingerprint density at radius 2 is 1.88 bits per heavy atom. The number of carbonyl (C=O) groups excluding carboxylic acids is 1. The predicted molar refractivity (Wildman–Crippen MR) is 116 cm³/mol. The number of nitrogens with zero attached hydrogens (tertiary/aromatic N) is 1. The molecule has 0 bridgehead atoms. The maximum Gasteiger partial charge on any atom is 0.315 e. The van der Waals surface area contributed by atoms with E-state index in [1.807, 2.05) is 18.2 Å². The molecule has 0 unspecified atom stereocenters. The number of aromatic nitrogens is 1. The smallest absolute Gasteiger partial charge is 0.315 e. The van der Waals surface area contributed by atoms with Crippen molar-refractivity contribution in [3.8, 4) is 11.1 Å². The third-order valence-corrected chi connectivity index (χ3v) is 6.27. The molecule has 3 N–H and O–H groups in total. The number of rotatable bonds is 9. The van der Waals surface area contributed by atoms with Crippen molar-refractivity contribution in [1.29, 1.82) is 0 Å². The third kappa shape index (κ3) is 5.82. The summed E-state index contributed by atoms with van der Waals surface area (Å²) in [6, 6.07) is 10.3. The first-order valence-electron chi connectivity index (χ1n) is 9.35. The molecule has 32 heavy (non-hydrogen) atoms. The molecule has 1 amide bonds. The number of carbonyl (C=O) groups is 1. The number of hydrogen-bond acceptors (Lipinski definition) is 6. The van der Waals surface area contributed by atoms with Gasteiger partial charge in [0, 0.05) is 5.56 Å². The number of sulfonamides is 1. The molecule has 2 aromatic carbocycles. The molecule has 0 saturated carbocycles. The van der Waals surface area contributed by atoms with Crippen LogP contribution in [0.5, 0.6) is 0 Å². The zero-order valence-corrected chi connectivity index (χ0v) is 18.4. The van der Waals surface area contributed by atoms with Gasteiger partial charge in [-0.15, -0.1) is 11.3 Å². The Hall–Kier alpha value is -2.54. The second-order valence-corrected chi connectivity index (χ2v) is 9.94. The summed E-state index contributed by atoms with van der Waals surface area (Å²) in [6.45, 7) is -1.15. The lowest BCUT2D eigenvalue weighted by Gasteiger charge is -2.22. The average Bonchev–Trinajstić information content (AvgIpc) is 3.18. The van der Waals surface area contributed by atoms with Crippen molar-refractivity contribution in [2.75, 3.05) is 12.9 Å². The summed E-state index contributed by atoms with van der Waals surface area (Å²) >= 11 is 1.35. The van der Waals surface area contributed by atoms with E-state index in [-0.39, 0.29) is 12.1 Å². The number of thiazole rings is 1. The summed E-state index contributed by atoms with van der Waals surface area (Å²) in [4.78, 5) is 15.6. The van der Waals surface area contributed by atoms with E-state index in [1.165, 1.54) is 23.5 Å². The van der Waals surface area contributed by atoms with Crippen molar-refractivity contribution in [1.82, 2.24) is 15.0 Å². The zero-order chi connectivity index (χ0) is 23.5. The van der Waals surface area contributed by atoms with E-state index in [1.54, 1.807) is 17.4 Å². The van der Waals surface area contributed by atoms with E-state index >= 15 is 0 Å². The van der Waals surface area contributed by atoms with Gasteiger partial charge in [0.1, 0.15) is 17.8 Å². The lowest BCUT2D eigenvalue weighted by Crippen LogP contribution is -2.43. The van der Waals surface area contributed by atoms with Crippen LogP contribution in [-0.4, -0.2) is 49.8 Å². The third-order valence-electron chi connectivity index (χ3n) is 4.59. The monoisotopic (exact) mass is 487 g/mol. The number of alkyl halides is 3. The molecule has 12 heteroatoms. The number of aliphatic hydroxyl groups is 1. The van der Waals surface area contributed by atoms with E-state index in [0.29, 0.717) is 10.5 Å². The van der Waals surface area contributed by atoms with Crippen molar-refractivity contribution in [3.63, 3.8) is 0 Å². The van der Waals surface area contributed by atoms with E-state index in [0.717, 1.165) is 22.1 Å². The van der Waals surface area contributed by atoms with Crippen molar-refractivity contribution < 1.29 is 31.5 Å². The number of hydrogen-bond donors (Lipinski definition) is 3. The van der Waals surface area contributed by atoms with Crippen LogP contribution in [0.1, 0.15) is 16.7 Å². The lowest BCUT2D eigenvalue weighted by atomic mass is 9.98. The summed E-state index contributed by atoms with van der Waals surface area (Å²) in [7, 11) is -3.36. The SMILES string of the molecule is CS(=O)(=O)NCc1nc2c(-c3ccc([C@@H](O)[C@@H](CF)NC(=O)C(F)F)cc3)cccc2s1. The maximum atomic E-state index is 13.2. The zero-order valence-electron chi connectivity index (χ0n) is 16.8. The van der Waals surface area contributed by atoms with Crippen molar-refractivity contribution in [2.24, 2.45) is 0 Å². The van der Waals surface area contributed by atoms with Crippen LogP contribution in [0, 0.1) is 0 Å². The van der Waals surface area contributed by atoms with Gasteiger partial charge in [-0.3, -0.25) is 4.79 Å². The van der Waals surface area contributed by atoms with Gasteiger partial charge in [-0.1, -0.05) is 36.4 Å². The maximum absolute atomic E-state index is 13.2. The van der Waals surface area contributed by atoms with Crippen molar-refractivity contribution in [3.05, 3.63) is 53.0 Å². The van der Waals surface area contributed by atoms with Gasteiger partial charge in [-0.25, -0.2) is 22.5 Å². The molecule has 1 heterocycles. The highest BCUT2D eigenvalue weighted by molar-refractivity contribution is 7.88. The first-order valence-corrected chi connectivity index (χ1v) is 12.1. The minimum absolute atomic E-state index is 0.0672. The Kier molecular flexibility index (Phi) is 7.49. The van der Waals surface area contributed by atoms with Crippen LogP contribution in [-0.2, 0) is 21.4 Å². The molecule has 0 saturated heterocycles. The molecule has 0 aliphatic rings. The number of fused-ring (bicyclic) bond motifs is 1. The number of aliphatic hydroxyl groups excluding tert-OH is 1. The second kappa shape index (κ2) is 9.94.